The van der Waals surface area contributed by atoms with Crippen LogP contribution >= 0.6 is 0 Å². The van der Waals surface area contributed by atoms with Gasteiger partial charge < -0.3 is 14.5 Å². The Morgan fingerprint density at radius 2 is 1.92 bits per heavy atom. The highest BCUT2D eigenvalue weighted by Crippen LogP contribution is 2.34. The number of likely N-dealkylation sites (tertiary alicyclic amines) is 1. The second kappa shape index (κ2) is 6.84. The normalized spacial score (nSPS) is 24.3. The van der Waals surface area contributed by atoms with Crippen LogP contribution in [-0.4, -0.2) is 59.0 Å². The number of rotatable bonds is 4. The summed E-state index contributed by atoms with van der Waals surface area (Å²) in [7, 11) is 0. The van der Waals surface area contributed by atoms with Crippen LogP contribution in [0.15, 0.2) is 12.1 Å². The number of likely N-dealkylation sites (N-methyl/N-ethyl adjacent to an activating group) is 1. The molecule has 0 spiro atoms. The summed E-state index contributed by atoms with van der Waals surface area (Å²) in [6.45, 7) is 10.1. The van der Waals surface area contributed by atoms with Gasteiger partial charge in [0.2, 0.25) is 5.88 Å². The van der Waals surface area contributed by atoms with Crippen LogP contribution in [0.1, 0.15) is 68.9 Å². The van der Waals surface area contributed by atoms with Gasteiger partial charge in [0.05, 0.1) is 11.3 Å². The van der Waals surface area contributed by atoms with Crippen LogP contribution in [0.2, 0.25) is 0 Å². The minimum atomic E-state index is -0.147. The average Bonchev–Trinajstić information content (AvgIpc) is 2.58. The van der Waals surface area contributed by atoms with Crippen molar-refractivity contribution in [2.45, 2.75) is 70.4 Å². The molecule has 142 valence electrons. The van der Waals surface area contributed by atoms with E-state index in [1.807, 2.05) is 24.0 Å². The Labute approximate surface area is 156 Å². The number of pyridine rings is 1. The number of carbonyl (C=O) groups excluding carboxylic acids is 1. The zero-order valence-corrected chi connectivity index (χ0v) is 16.3. The summed E-state index contributed by atoms with van der Waals surface area (Å²) in [4.78, 5) is 21.9. The van der Waals surface area contributed by atoms with Crippen LogP contribution in [0.3, 0.4) is 0 Å². The summed E-state index contributed by atoms with van der Waals surface area (Å²) < 4.78 is 6.22. The van der Waals surface area contributed by atoms with E-state index in [2.05, 4.69) is 18.7 Å². The van der Waals surface area contributed by atoms with Crippen LogP contribution in [0, 0.1) is 0 Å². The van der Waals surface area contributed by atoms with E-state index in [1.54, 1.807) is 0 Å². The monoisotopic (exact) mass is 357 g/mol. The summed E-state index contributed by atoms with van der Waals surface area (Å²) in [6.07, 6.45) is 6.52. The molecule has 0 bridgehead atoms. The second-order valence-corrected chi connectivity index (χ2v) is 8.69. The second-order valence-electron chi connectivity index (χ2n) is 8.69. The van der Waals surface area contributed by atoms with Crippen LogP contribution in [0.25, 0.3) is 0 Å². The number of nitrogens with zero attached hydrogens (tertiary/aromatic N) is 3. The summed E-state index contributed by atoms with van der Waals surface area (Å²) in [6, 6.07) is 4.61. The molecule has 0 atom stereocenters. The van der Waals surface area contributed by atoms with Gasteiger partial charge >= 0.3 is 0 Å². The molecule has 26 heavy (non-hydrogen) atoms. The summed E-state index contributed by atoms with van der Waals surface area (Å²) in [5.74, 6) is 0.770. The van der Waals surface area contributed by atoms with Crippen LogP contribution in [0.5, 0.6) is 5.88 Å². The van der Waals surface area contributed by atoms with Crippen LogP contribution in [-0.2, 0) is 5.41 Å². The quantitative estimate of drug-likeness (QED) is 0.830. The minimum Gasteiger partial charge on any atom is -0.474 e. The lowest BCUT2D eigenvalue weighted by Gasteiger charge is -2.41. The van der Waals surface area contributed by atoms with Gasteiger partial charge in [0.15, 0.2) is 0 Å². The predicted molar refractivity (Wildman–Crippen MR) is 102 cm³/mol. The van der Waals surface area contributed by atoms with Gasteiger partial charge in [0.25, 0.3) is 5.91 Å². The lowest BCUT2D eigenvalue weighted by Crippen LogP contribution is -2.47. The van der Waals surface area contributed by atoms with Gasteiger partial charge in [-0.2, -0.15) is 0 Å². The molecule has 3 heterocycles. The first kappa shape index (κ1) is 17.8. The van der Waals surface area contributed by atoms with E-state index in [-0.39, 0.29) is 17.4 Å². The van der Waals surface area contributed by atoms with E-state index in [0.717, 1.165) is 49.8 Å². The fraction of sp³-hybridized carbons (Fsp3) is 0.714. The molecule has 2 fully saturated rings. The maximum atomic E-state index is 12.6. The van der Waals surface area contributed by atoms with Gasteiger partial charge in [-0.15, -0.1) is 0 Å². The highest BCUT2D eigenvalue weighted by molar-refractivity contribution is 5.97. The van der Waals surface area contributed by atoms with Crippen molar-refractivity contribution < 1.29 is 9.53 Å². The molecule has 4 rings (SSSR count). The Kier molecular flexibility index (Phi) is 4.68. The number of piperidine rings is 1. The fourth-order valence-corrected chi connectivity index (χ4v) is 4.53. The Balaban J connectivity index is 1.45. The summed E-state index contributed by atoms with van der Waals surface area (Å²) in [5.41, 5.74) is 1.47. The molecule has 1 aromatic rings. The van der Waals surface area contributed by atoms with Crippen molar-refractivity contribution in [3.63, 3.8) is 0 Å². The molecular weight excluding hydrogens is 326 g/mol. The standard InChI is InChI=1S/C21H31N3O2/c1-4-23-14-21(2,3)19-17(20(23)25)8-9-18(22-19)26-16-10-12-24(13-11-16)15-6-5-7-15/h8-9,15-16H,4-7,10-14H2,1-3H3. The number of hydrogen-bond donors (Lipinski definition) is 0. The van der Waals surface area contributed by atoms with Crippen molar-refractivity contribution in [3.8, 4) is 5.88 Å². The van der Waals surface area contributed by atoms with Crippen LogP contribution in [0.4, 0.5) is 0 Å². The molecule has 1 aromatic heterocycles. The Hall–Kier alpha value is -1.62. The topological polar surface area (TPSA) is 45.7 Å². The van der Waals surface area contributed by atoms with E-state index in [4.69, 9.17) is 9.72 Å². The predicted octanol–water partition coefficient (Wildman–Crippen LogP) is 3.23. The lowest BCUT2D eigenvalue weighted by atomic mass is 9.82. The van der Waals surface area contributed by atoms with Crippen molar-refractivity contribution in [3.05, 3.63) is 23.4 Å². The van der Waals surface area contributed by atoms with E-state index in [0.29, 0.717) is 12.4 Å². The maximum absolute atomic E-state index is 12.6. The molecule has 1 saturated heterocycles. The third-order valence-corrected chi connectivity index (χ3v) is 6.35. The van der Waals surface area contributed by atoms with Crippen LogP contribution < -0.4 is 4.74 Å². The number of fused-ring (bicyclic) bond motifs is 1. The van der Waals surface area contributed by atoms with Crippen molar-refractivity contribution in [1.29, 1.82) is 0 Å². The van der Waals surface area contributed by atoms with E-state index >= 15 is 0 Å². The Morgan fingerprint density at radius 3 is 2.54 bits per heavy atom. The maximum Gasteiger partial charge on any atom is 0.255 e. The first-order chi connectivity index (χ1) is 12.5. The third-order valence-electron chi connectivity index (χ3n) is 6.35. The molecule has 2 aliphatic heterocycles. The highest BCUT2D eigenvalue weighted by atomic mass is 16.5. The van der Waals surface area contributed by atoms with Gasteiger partial charge in [-0.05, 0) is 38.7 Å². The number of hydrogen-bond acceptors (Lipinski definition) is 4. The fourth-order valence-electron chi connectivity index (χ4n) is 4.53. The highest BCUT2D eigenvalue weighted by Gasteiger charge is 2.38. The van der Waals surface area contributed by atoms with Gasteiger partial charge in [0.1, 0.15) is 6.10 Å². The van der Waals surface area contributed by atoms with Crippen molar-refractivity contribution in [1.82, 2.24) is 14.8 Å². The van der Waals surface area contributed by atoms with E-state index in [1.165, 1.54) is 19.3 Å². The third kappa shape index (κ3) is 3.22. The molecule has 5 heteroatoms. The van der Waals surface area contributed by atoms with Gasteiger partial charge in [-0.25, -0.2) is 4.98 Å². The minimum absolute atomic E-state index is 0.0923. The zero-order valence-electron chi connectivity index (χ0n) is 16.3. The Bertz CT molecular complexity index is 676. The summed E-state index contributed by atoms with van der Waals surface area (Å²) >= 11 is 0. The summed E-state index contributed by atoms with van der Waals surface area (Å²) in [5, 5.41) is 0. The number of amides is 1. The molecule has 5 nitrogen and oxygen atoms in total. The number of ether oxygens (including phenoxy) is 1. The molecule has 0 radical (unpaired) electrons. The molecule has 0 unspecified atom stereocenters. The molecule has 0 aromatic carbocycles. The van der Waals surface area contributed by atoms with Gasteiger partial charge in [-0.1, -0.05) is 20.3 Å². The van der Waals surface area contributed by atoms with Crippen molar-refractivity contribution in [2.75, 3.05) is 26.2 Å². The first-order valence-electron chi connectivity index (χ1n) is 10.2. The largest absolute Gasteiger partial charge is 0.474 e. The van der Waals surface area contributed by atoms with E-state index < -0.39 is 0 Å². The number of carbonyl (C=O) groups is 1. The Morgan fingerprint density at radius 1 is 1.19 bits per heavy atom. The van der Waals surface area contributed by atoms with Crippen molar-refractivity contribution in [2.24, 2.45) is 0 Å². The van der Waals surface area contributed by atoms with Crippen molar-refractivity contribution >= 4 is 5.91 Å². The lowest BCUT2D eigenvalue weighted by molar-refractivity contribution is 0.0471. The van der Waals surface area contributed by atoms with Gasteiger partial charge in [0, 0.05) is 43.7 Å². The molecule has 1 saturated carbocycles. The molecule has 0 N–H and O–H groups in total. The van der Waals surface area contributed by atoms with E-state index in [9.17, 15) is 4.79 Å². The molecular formula is C21H31N3O2. The smallest absolute Gasteiger partial charge is 0.255 e. The first-order valence-corrected chi connectivity index (χ1v) is 10.2. The SMILES string of the molecule is CCN1CC(C)(C)c2nc(OC3CCN(C4CCC4)CC3)ccc2C1=O. The number of aromatic nitrogens is 1. The van der Waals surface area contributed by atoms with Gasteiger partial charge in [-0.3, -0.25) is 4.79 Å². The average molecular weight is 357 g/mol. The molecule has 1 aliphatic carbocycles. The molecule has 1 amide bonds. The zero-order chi connectivity index (χ0) is 18.3. The molecule has 3 aliphatic rings.